The maximum atomic E-state index is 11.6. The summed E-state index contributed by atoms with van der Waals surface area (Å²) in [7, 11) is 1.51. The van der Waals surface area contributed by atoms with Crippen molar-refractivity contribution in [1.82, 2.24) is 0 Å². The average Bonchev–Trinajstić information content (AvgIpc) is 2.29. The van der Waals surface area contributed by atoms with Crippen LogP contribution >= 0.6 is 15.9 Å². The van der Waals surface area contributed by atoms with Crippen LogP contribution in [0.5, 0.6) is 5.75 Å². The van der Waals surface area contributed by atoms with Crippen molar-refractivity contribution < 1.29 is 14.3 Å². The van der Waals surface area contributed by atoms with Gasteiger partial charge < -0.3 is 9.47 Å². The molecule has 16 heavy (non-hydrogen) atoms. The molecule has 0 spiro atoms. The largest absolute Gasteiger partial charge is 0.497 e. The van der Waals surface area contributed by atoms with Gasteiger partial charge in [0.25, 0.3) is 0 Å². The number of hydrogen-bond acceptors (Lipinski definition) is 4. The van der Waals surface area contributed by atoms with Crippen LogP contribution in [-0.4, -0.2) is 19.2 Å². The second-order valence-electron chi connectivity index (χ2n) is 3.02. The van der Waals surface area contributed by atoms with Crippen LogP contribution in [0.15, 0.2) is 22.7 Å². The molecule has 0 aromatic heterocycles. The van der Waals surface area contributed by atoms with Crippen molar-refractivity contribution in [3.63, 3.8) is 0 Å². The van der Waals surface area contributed by atoms with E-state index in [0.717, 1.165) is 0 Å². The van der Waals surface area contributed by atoms with Gasteiger partial charge in [0.2, 0.25) is 0 Å². The van der Waals surface area contributed by atoms with E-state index >= 15 is 0 Å². The lowest BCUT2D eigenvalue weighted by molar-refractivity contribution is 0.0434. The van der Waals surface area contributed by atoms with E-state index in [9.17, 15) is 4.79 Å². The van der Waals surface area contributed by atoms with Crippen molar-refractivity contribution in [1.29, 1.82) is 5.26 Å². The zero-order valence-corrected chi connectivity index (χ0v) is 10.4. The minimum atomic E-state index is -0.773. The molecule has 0 aliphatic carbocycles. The molecule has 0 aliphatic rings. The van der Waals surface area contributed by atoms with Gasteiger partial charge in [0.05, 0.1) is 12.7 Å². The topological polar surface area (TPSA) is 59.3 Å². The number of carbonyl (C=O) groups is 1. The molecule has 0 N–H and O–H groups in total. The molecular formula is C11H10BrNO3. The lowest BCUT2D eigenvalue weighted by atomic mass is 10.2. The first-order valence-electron chi connectivity index (χ1n) is 4.52. The molecule has 0 aliphatic heterocycles. The van der Waals surface area contributed by atoms with E-state index in [1.165, 1.54) is 14.0 Å². The van der Waals surface area contributed by atoms with Gasteiger partial charge in [0, 0.05) is 4.47 Å². The molecule has 0 fully saturated rings. The van der Waals surface area contributed by atoms with Crippen molar-refractivity contribution in [3.05, 3.63) is 28.2 Å². The van der Waals surface area contributed by atoms with E-state index in [0.29, 0.717) is 15.8 Å². The fourth-order valence-corrected chi connectivity index (χ4v) is 1.45. The van der Waals surface area contributed by atoms with Gasteiger partial charge in [0.15, 0.2) is 6.10 Å². The van der Waals surface area contributed by atoms with Crippen LogP contribution in [0.2, 0.25) is 0 Å². The van der Waals surface area contributed by atoms with Gasteiger partial charge in [-0.3, -0.25) is 0 Å². The Morgan fingerprint density at radius 3 is 2.81 bits per heavy atom. The number of ether oxygens (including phenoxy) is 2. The highest BCUT2D eigenvalue weighted by molar-refractivity contribution is 9.10. The first-order valence-corrected chi connectivity index (χ1v) is 5.32. The number of methoxy groups -OCH3 is 1. The highest BCUT2D eigenvalue weighted by Gasteiger charge is 2.15. The van der Waals surface area contributed by atoms with Crippen molar-refractivity contribution in [2.75, 3.05) is 7.11 Å². The minimum Gasteiger partial charge on any atom is -0.497 e. The molecule has 84 valence electrons. The van der Waals surface area contributed by atoms with E-state index in [1.54, 1.807) is 18.2 Å². The molecule has 0 amide bonds. The van der Waals surface area contributed by atoms with Crippen molar-refractivity contribution in [2.24, 2.45) is 0 Å². The highest BCUT2D eigenvalue weighted by atomic mass is 79.9. The number of rotatable bonds is 3. The van der Waals surface area contributed by atoms with Gasteiger partial charge in [-0.25, -0.2) is 4.79 Å². The van der Waals surface area contributed by atoms with Crippen LogP contribution in [0.25, 0.3) is 0 Å². The number of hydrogen-bond donors (Lipinski definition) is 0. The van der Waals surface area contributed by atoms with E-state index in [-0.39, 0.29) is 0 Å². The highest BCUT2D eigenvalue weighted by Crippen LogP contribution is 2.23. The summed E-state index contributed by atoms with van der Waals surface area (Å²) in [6.45, 7) is 1.51. The smallest absolute Gasteiger partial charge is 0.340 e. The van der Waals surface area contributed by atoms with Crippen LogP contribution in [0.4, 0.5) is 0 Å². The third-order valence-electron chi connectivity index (χ3n) is 1.86. The van der Waals surface area contributed by atoms with E-state index in [2.05, 4.69) is 15.9 Å². The second-order valence-corrected chi connectivity index (χ2v) is 3.88. The summed E-state index contributed by atoms with van der Waals surface area (Å²) in [6.07, 6.45) is -0.773. The number of esters is 1. The van der Waals surface area contributed by atoms with Crippen molar-refractivity contribution in [3.8, 4) is 11.8 Å². The number of benzene rings is 1. The third-order valence-corrected chi connectivity index (χ3v) is 2.55. The molecule has 4 nitrogen and oxygen atoms in total. The van der Waals surface area contributed by atoms with Crippen molar-refractivity contribution >= 4 is 21.9 Å². The molecule has 1 unspecified atom stereocenters. The molecule has 1 rings (SSSR count). The molecule has 1 atom stereocenters. The predicted octanol–water partition coefficient (Wildman–Crippen LogP) is 2.53. The maximum absolute atomic E-state index is 11.6. The zero-order chi connectivity index (χ0) is 12.1. The fraction of sp³-hybridized carbons (Fsp3) is 0.273. The summed E-state index contributed by atoms with van der Waals surface area (Å²) in [6, 6.07) is 6.78. The molecule has 0 saturated carbocycles. The Hall–Kier alpha value is -1.54. The van der Waals surface area contributed by atoms with Gasteiger partial charge >= 0.3 is 5.97 Å². The summed E-state index contributed by atoms with van der Waals surface area (Å²) < 4.78 is 10.5. The Bertz CT molecular complexity index is 439. The summed E-state index contributed by atoms with van der Waals surface area (Å²) in [5.41, 5.74) is 0.335. The Morgan fingerprint density at radius 1 is 1.56 bits per heavy atom. The van der Waals surface area contributed by atoms with Crippen molar-refractivity contribution in [2.45, 2.75) is 13.0 Å². The van der Waals surface area contributed by atoms with Crippen LogP contribution in [0.1, 0.15) is 17.3 Å². The molecule has 0 saturated heterocycles. The Labute approximate surface area is 102 Å². The van der Waals surface area contributed by atoms with Gasteiger partial charge in [-0.05, 0) is 41.1 Å². The van der Waals surface area contributed by atoms with Gasteiger partial charge in [-0.2, -0.15) is 5.26 Å². The molecule has 5 heteroatoms. The first-order chi connectivity index (χ1) is 7.58. The van der Waals surface area contributed by atoms with Gasteiger partial charge in [-0.1, -0.05) is 0 Å². The maximum Gasteiger partial charge on any atom is 0.340 e. The van der Waals surface area contributed by atoms with Crippen LogP contribution in [0, 0.1) is 11.3 Å². The average molecular weight is 284 g/mol. The third kappa shape index (κ3) is 2.97. The Balaban J connectivity index is 2.95. The fourth-order valence-electron chi connectivity index (χ4n) is 1.04. The number of carbonyl (C=O) groups excluding carboxylic acids is 1. The normalized spacial score (nSPS) is 11.4. The second kappa shape index (κ2) is 5.52. The lowest BCUT2D eigenvalue weighted by Gasteiger charge is -2.08. The molecule has 1 aromatic carbocycles. The van der Waals surface area contributed by atoms with Gasteiger partial charge in [0.1, 0.15) is 11.8 Å². The standard InChI is InChI=1S/C11H10BrNO3/c1-7(6-13)16-11(14)9-5-8(15-2)3-4-10(9)12/h3-5,7H,1-2H3. The summed E-state index contributed by atoms with van der Waals surface area (Å²) in [4.78, 5) is 11.6. The summed E-state index contributed by atoms with van der Waals surface area (Å²) >= 11 is 3.23. The molecule has 0 radical (unpaired) electrons. The Morgan fingerprint density at radius 2 is 2.25 bits per heavy atom. The molecular weight excluding hydrogens is 274 g/mol. The summed E-state index contributed by atoms with van der Waals surface area (Å²) in [5, 5.41) is 8.54. The first kappa shape index (κ1) is 12.5. The monoisotopic (exact) mass is 283 g/mol. The van der Waals surface area contributed by atoms with Crippen LogP contribution < -0.4 is 4.74 Å². The Kier molecular flexibility index (Phi) is 4.32. The van der Waals surface area contributed by atoms with Crippen LogP contribution in [0.3, 0.4) is 0 Å². The summed E-state index contributed by atoms with van der Waals surface area (Å²) in [5.74, 6) is -0.000384. The number of nitrogens with zero attached hydrogens (tertiary/aromatic N) is 1. The van der Waals surface area contributed by atoms with E-state index in [4.69, 9.17) is 14.7 Å². The SMILES string of the molecule is COc1ccc(Br)c(C(=O)OC(C)C#N)c1. The predicted molar refractivity (Wildman–Crippen MR) is 61.2 cm³/mol. The molecule has 0 bridgehead atoms. The number of nitriles is 1. The number of halogens is 1. The zero-order valence-electron chi connectivity index (χ0n) is 8.86. The van der Waals surface area contributed by atoms with Gasteiger partial charge in [-0.15, -0.1) is 0 Å². The quantitative estimate of drug-likeness (QED) is 0.800. The molecule has 1 aromatic rings. The van der Waals surface area contributed by atoms with Crippen LogP contribution in [-0.2, 0) is 4.74 Å². The lowest BCUT2D eigenvalue weighted by Crippen LogP contribution is -2.13. The molecule has 0 heterocycles. The minimum absolute atomic E-state index is 0.335. The van der Waals surface area contributed by atoms with E-state index < -0.39 is 12.1 Å². The van der Waals surface area contributed by atoms with E-state index in [1.807, 2.05) is 6.07 Å².